The first kappa shape index (κ1) is 13.2. The van der Waals surface area contributed by atoms with Gasteiger partial charge in [-0.3, -0.25) is 0 Å². The lowest BCUT2D eigenvalue weighted by atomic mass is 10.2. The summed E-state index contributed by atoms with van der Waals surface area (Å²) in [5.41, 5.74) is 1.16. The van der Waals surface area contributed by atoms with Crippen LogP contribution in [0.25, 0.3) is 0 Å². The SMILES string of the molecule is OB(O)OCCCCOCc1ccccc1. The second-order valence-electron chi connectivity index (χ2n) is 3.44. The van der Waals surface area contributed by atoms with Crippen LogP contribution in [0.3, 0.4) is 0 Å². The van der Waals surface area contributed by atoms with Gasteiger partial charge in [0.2, 0.25) is 0 Å². The molecule has 0 amide bonds. The molecule has 1 aromatic carbocycles. The Balaban J connectivity index is 1.93. The molecular weight excluding hydrogens is 207 g/mol. The Morgan fingerprint density at radius 1 is 1.00 bits per heavy atom. The van der Waals surface area contributed by atoms with E-state index in [0.29, 0.717) is 19.8 Å². The van der Waals surface area contributed by atoms with Gasteiger partial charge in [0.15, 0.2) is 0 Å². The number of unbranched alkanes of at least 4 members (excludes halogenated alkanes) is 1. The number of ether oxygens (including phenoxy) is 1. The predicted molar refractivity (Wildman–Crippen MR) is 61.5 cm³/mol. The summed E-state index contributed by atoms with van der Waals surface area (Å²) < 4.78 is 10.0. The molecule has 1 aromatic rings. The second kappa shape index (κ2) is 8.30. The van der Waals surface area contributed by atoms with Crippen molar-refractivity contribution in [3.8, 4) is 0 Å². The fourth-order valence-corrected chi connectivity index (χ4v) is 1.26. The zero-order valence-corrected chi connectivity index (χ0v) is 9.21. The third-order valence-electron chi connectivity index (χ3n) is 2.06. The molecule has 2 N–H and O–H groups in total. The second-order valence-corrected chi connectivity index (χ2v) is 3.44. The Hall–Kier alpha value is -0.875. The first-order valence-electron chi connectivity index (χ1n) is 5.38. The molecule has 16 heavy (non-hydrogen) atoms. The zero-order valence-electron chi connectivity index (χ0n) is 9.21. The van der Waals surface area contributed by atoms with Crippen molar-refractivity contribution in [2.75, 3.05) is 13.2 Å². The molecule has 0 heterocycles. The first-order valence-corrected chi connectivity index (χ1v) is 5.38. The van der Waals surface area contributed by atoms with Gasteiger partial charge in [-0.05, 0) is 18.4 Å². The maximum atomic E-state index is 8.41. The lowest BCUT2D eigenvalue weighted by Crippen LogP contribution is -2.17. The number of hydrogen-bond acceptors (Lipinski definition) is 4. The summed E-state index contributed by atoms with van der Waals surface area (Å²) in [4.78, 5) is 0. The fourth-order valence-electron chi connectivity index (χ4n) is 1.26. The van der Waals surface area contributed by atoms with Crippen LogP contribution in [0, 0.1) is 0 Å². The van der Waals surface area contributed by atoms with Gasteiger partial charge in [-0.15, -0.1) is 0 Å². The van der Waals surface area contributed by atoms with Gasteiger partial charge in [0.1, 0.15) is 0 Å². The van der Waals surface area contributed by atoms with Crippen molar-refractivity contribution in [3.05, 3.63) is 35.9 Å². The maximum absolute atomic E-state index is 8.41. The van der Waals surface area contributed by atoms with Gasteiger partial charge in [0.05, 0.1) is 6.61 Å². The summed E-state index contributed by atoms with van der Waals surface area (Å²) >= 11 is 0. The number of benzene rings is 1. The largest absolute Gasteiger partial charge is 0.633 e. The topological polar surface area (TPSA) is 58.9 Å². The van der Waals surface area contributed by atoms with Crippen molar-refractivity contribution in [2.45, 2.75) is 19.4 Å². The molecule has 0 saturated heterocycles. The lowest BCUT2D eigenvalue weighted by molar-refractivity contribution is 0.109. The molecule has 0 atom stereocenters. The van der Waals surface area contributed by atoms with E-state index in [2.05, 4.69) is 4.65 Å². The molecule has 0 aliphatic heterocycles. The van der Waals surface area contributed by atoms with E-state index in [1.165, 1.54) is 0 Å². The molecule has 0 unspecified atom stereocenters. The van der Waals surface area contributed by atoms with E-state index in [9.17, 15) is 0 Å². The summed E-state index contributed by atoms with van der Waals surface area (Å²) in [6.07, 6.45) is 1.60. The van der Waals surface area contributed by atoms with Crippen molar-refractivity contribution in [1.29, 1.82) is 0 Å². The summed E-state index contributed by atoms with van der Waals surface area (Å²) in [5, 5.41) is 16.8. The summed E-state index contributed by atoms with van der Waals surface area (Å²) in [6.45, 7) is 1.61. The number of hydrogen-bond donors (Lipinski definition) is 2. The van der Waals surface area contributed by atoms with Crippen molar-refractivity contribution in [3.63, 3.8) is 0 Å². The molecule has 0 bridgehead atoms. The quantitative estimate of drug-likeness (QED) is 0.510. The van der Waals surface area contributed by atoms with E-state index in [1.54, 1.807) is 0 Å². The Morgan fingerprint density at radius 2 is 1.69 bits per heavy atom. The lowest BCUT2D eigenvalue weighted by Gasteiger charge is -2.04. The van der Waals surface area contributed by atoms with Gasteiger partial charge in [0.25, 0.3) is 0 Å². The molecule has 0 radical (unpaired) electrons. The van der Waals surface area contributed by atoms with E-state index >= 15 is 0 Å². The van der Waals surface area contributed by atoms with E-state index in [-0.39, 0.29) is 0 Å². The third kappa shape index (κ3) is 6.58. The highest BCUT2D eigenvalue weighted by atomic mass is 16.6. The Kier molecular flexibility index (Phi) is 6.84. The van der Waals surface area contributed by atoms with Gasteiger partial charge in [-0.25, -0.2) is 0 Å². The summed E-state index contributed by atoms with van der Waals surface area (Å²) in [7, 11) is -1.66. The average molecular weight is 224 g/mol. The van der Waals surface area contributed by atoms with Crippen LogP contribution in [0.2, 0.25) is 0 Å². The minimum atomic E-state index is -1.66. The highest BCUT2D eigenvalue weighted by Crippen LogP contribution is 2.01. The smallest absolute Gasteiger partial charge is 0.402 e. The van der Waals surface area contributed by atoms with Crippen LogP contribution >= 0.6 is 0 Å². The highest BCUT2D eigenvalue weighted by molar-refractivity contribution is 6.32. The normalized spacial score (nSPS) is 10.4. The van der Waals surface area contributed by atoms with Crippen LogP contribution in [0.15, 0.2) is 30.3 Å². The van der Waals surface area contributed by atoms with Crippen LogP contribution in [-0.4, -0.2) is 30.6 Å². The van der Waals surface area contributed by atoms with Gasteiger partial charge < -0.3 is 19.4 Å². The van der Waals surface area contributed by atoms with Crippen LogP contribution in [0.4, 0.5) is 0 Å². The highest BCUT2D eigenvalue weighted by Gasteiger charge is 2.06. The van der Waals surface area contributed by atoms with E-state index in [4.69, 9.17) is 14.8 Å². The monoisotopic (exact) mass is 224 g/mol. The standard InChI is InChI=1S/C11H17BO4/c13-12(14)16-9-5-4-8-15-10-11-6-2-1-3-7-11/h1-3,6-7,13-14H,4-5,8-10H2. The molecular formula is C11H17BO4. The van der Waals surface area contributed by atoms with E-state index in [0.717, 1.165) is 18.4 Å². The van der Waals surface area contributed by atoms with Gasteiger partial charge in [-0.1, -0.05) is 30.3 Å². The minimum absolute atomic E-state index is 0.340. The van der Waals surface area contributed by atoms with E-state index in [1.807, 2.05) is 30.3 Å². The summed E-state index contributed by atoms with van der Waals surface area (Å²) in [6, 6.07) is 9.97. The fraction of sp³-hybridized carbons (Fsp3) is 0.455. The van der Waals surface area contributed by atoms with Crippen LogP contribution < -0.4 is 0 Å². The molecule has 0 spiro atoms. The van der Waals surface area contributed by atoms with Gasteiger partial charge in [0, 0.05) is 13.2 Å². The van der Waals surface area contributed by atoms with Crippen LogP contribution in [0.1, 0.15) is 18.4 Å². The molecule has 4 nitrogen and oxygen atoms in total. The van der Waals surface area contributed by atoms with Crippen molar-refractivity contribution >= 4 is 7.32 Å². The average Bonchev–Trinajstić information content (AvgIpc) is 2.29. The third-order valence-corrected chi connectivity index (χ3v) is 2.06. The Labute approximate surface area is 96.0 Å². The molecule has 5 heteroatoms. The molecule has 0 saturated carbocycles. The zero-order chi connectivity index (χ0) is 11.6. The van der Waals surface area contributed by atoms with Crippen molar-refractivity contribution in [2.24, 2.45) is 0 Å². The minimum Gasteiger partial charge on any atom is -0.402 e. The Bertz CT molecular complexity index is 266. The molecule has 0 aliphatic carbocycles. The molecule has 1 rings (SSSR count). The van der Waals surface area contributed by atoms with Crippen molar-refractivity contribution < 1.29 is 19.4 Å². The molecule has 0 aliphatic rings. The summed E-state index contributed by atoms with van der Waals surface area (Å²) in [5.74, 6) is 0. The first-order chi connectivity index (χ1) is 7.79. The predicted octanol–water partition coefficient (Wildman–Crippen LogP) is 0.969. The Morgan fingerprint density at radius 3 is 2.38 bits per heavy atom. The van der Waals surface area contributed by atoms with Gasteiger partial charge in [-0.2, -0.15) is 0 Å². The van der Waals surface area contributed by atoms with Gasteiger partial charge >= 0.3 is 7.32 Å². The van der Waals surface area contributed by atoms with Crippen LogP contribution in [0.5, 0.6) is 0 Å². The van der Waals surface area contributed by atoms with Crippen LogP contribution in [-0.2, 0) is 16.0 Å². The molecule has 0 fully saturated rings. The maximum Gasteiger partial charge on any atom is 0.633 e. The van der Waals surface area contributed by atoms with Crippen molar-refractivity contribution in [1.82, 2.24) is 0 Å². The molecule has 0 aromatic heterocycles. The van der Waals surface area contributed by atoms with E-state index < -0.39 is 7.32 Å². The number of rotatable bonds is 8. The molecule has 88 valence electrons.